The lowest BCUT2D eigenvalue weighted by Gasteiger charge is -2.09. The van der Waals surface area contributed by atoms with E-state index in [0.29, 0.717) is 17.1 Å². The van der Waals surface area contributed by atoms with E-state index in [2.05, 4.69) is 10.6 Å². The van der Waals surface area contributed by atoms with Crippen LogP contribution < -0.4 is 20.1 Å². The second-order valence-electron chi connectivity index (χ2n) is 4.28. The molecule has 2 aromatic carbocycles. The first kappa shape index (κ1) is 15.2. The van der Waals surface area contributed by atoms with E-state index in [0.717, 1.165) is 5.75 Å². The van der Waals surface area contributed by atoms with Gasteiger partial charge in [-0.1, -0.05) is 0 Å². The predicted molar refractivity (Wildman–Crippen MR) is 83.2 cm³/mol. The Morgan fingerprint density at radius 3 is 1.95 bits per heavy atom. The average molecular weight is 297 g/mol. The molecular weight excluding hydrogens is 282 g/mol. The van der Waals surface area contributed by atoms with Crippen molar-refractivity contribution in [3.05, 3.63) is 48.5 Å². The van der Waals surface area contributed by atoms with Gasteiger partial charge in [-0.2, -0.15) is 5.26 Å². The van der Waals surface area contributed by atoms with E-state index in [1.54, 1.807) is 55.6 Å². The zero-order valence-corrected chi connectivity index (χ0v) is 12.0. The molecule has 2 rings (SSSR count). The molecule has 6 heteroatoms. The Balaban J connectivity index is 1.89. The van der Waals surface area contributed by atoms with Gasteiger partial charge < -0.3 is 20.1 Å². The number of urea groups is 1. The smallest absolute Gasteiger partial charge is 0.323 e. The van der Waals surface area contributed by atoms with E-state index in [1.807, 2.05) is 6.07 Å². The monoisotopic (exact) mass is 297 g/mol. The highest BCUT2D eigenvalue weighted by Crippen LogP contribution is 2.17. The SMILES string of the molecule is COc1ccc(NC(=O)Nc2ccc(OCC#N)cc2)cc1. The maximum Gasteiger partial charge on any atom is 0.323 e. The third-order valence-electron chi connectivity index (χ3n) is 2.76. The van der Waals surface area contributed by atoms with Crippen LogP contribution in [0.1, 0.15) is 0 Å². The molecule has 0 bridgehead atoms. The third-order valence-corrected chi connectivity index (χ3v) is 2.76. The number of carbonyl (C=O) groups excluding carboxylic acids is 1. The van der Waals surface area contributed by atoms with E-state index in [1.165, 1.54) is 0 Å². The number of methoxy groups -OCH3 is 1. The Bertz CT molecular complexity index is 661. The molecule has 0 aromatic heterocycles. The molecule has 112 valence electrons. The third kappa shape index (κ3) is 4.42. The van der Waals surface area contributed by atoms with Gasteiger partial charge in [-0.25, -0.2) is 4.79 Å². The van der Waals surface area contributed by atoms with Crippen molar-refractivity contribution in [2.75, 3.05) is 24.4 Å². The molecule has 0 fully saturated rings. The van der Waals surface area contributed by atoms with Gasteiger partial charge in [-0.15, -0.1) is 0 Å². The summed E-state index contributed by atoms with van der Waals surface area (Å²) < 4.78 is 10.2. The van der Waals surface area contributed by atoms with E-state index >= 15 is 0 Å². The average Bonchev–Trinajstić information content (AvgIpc) is 2.55. The molecular formula is C16H15N3O3. The number of nitrogens with one attached hydrogen (secondary N) is 2. The maximum absolute atomic E-state index is 11.9. The topological polar surface area (TPSA) is 83.4 Å². The van der Waals surface area contributed by atoms with Crippen molar-refractivity contribution >= 4 is 17.4 Å². The first-order valence-corrected chi connectivity index (χ1v) is 6.53. The van der Waals surface area contributed by atoms with E-state index in [4.69, 9.17) is 14.7 Å². The van der Waals surface area contributed by atoms with Crippen molar-refractivity contribution in [1.29, 1.82) is 5.26 Å². The molecule has 2 aromatic rings. The summed E-state index contributed by atoms with van der Waals surface area (Å²) in [6.07, 6.45) is 0. The molecule has 0 saturated heterocycles. The minimum atomic E-state index is -0.351. The number of nitriles is 1. The van der Waals surface area contributed by atoms with Crippen LogP contribution in [0, 0.1) is 11.3 Å². The highest BCUT2D eigenvalue weighted by molar-refractivity contribution is 5.99. The number of amides is 2. The molecule has 2 amide bonds. The Kier molecular flexibility index (Phi) is 5.21. The number of ether oxygens (including phenoxy) is 2. The van der Waals surface area contributed by atoms with E-state index < -0.39 is 0 Å². The maximum atomic E-state index is 11.9. The summed E-state index contributed by atoms with van der Waals surface area (Å²) in [6.45, 7) is -0.00920. The number of hydrogen-bond donors (Lipinski definition) is 2. The summed E-state index contributed by atoms with van der Waals surface area (Å²) in [5, 5.41) is 13.8. The Hall–Kier alpha value is -3.20. The first-order chi connectivity index (χ1) is 10.7. The van der Waals surface area contributed by atoms with Crippen molar-refractivity contribution in [2.24, 2.45) is 0 Å². The number of carbonyl (C=O) groups is 1. The summed E-state index contributed by atoms with van der Waals surface area (Å²) in [5.74, 6) is 1.29. The molecule has 0 aliphatic rings. The fourth-order valence-electron chi connectivity index (χ4n) is 1.72. The standard InChI is InChI=1S/C16H15N3O3/c1-21-14-6-2-12(3-7-14)18-16(20)19-13-4-8-15(9-5-13)22-11-10-17/h2-9H,11H2,1H3,(H2,18,19,20). The van der Waals surface area contributed by atoms with Gasteiger partial charge in [-0.3, -0.25) is 0 Å². The fraction of sp³-hybridized carbons (Fsp3) is 0.125. The molecule has 0 spiro atoms. The number of anilines is 2. The highest BCUT2D eigenvalue weighted by atomic mass is 16.5. The van der Waals surface area contributed by atoms with Gasteiger partial charge in [0.1, 0.15) is 17.6 Å². The number of nitrogens with zero attached hydrogens (tertiary/aromatic N) is 1. The molecule has 0 heterocycles. The number of benzene rings is 2. The highest BCUT2D eigenvalue weighted by Gasteiger charge is 2.03. The van der Waals surface area contributed by atoms with Crippen LogP contribution in [0.5, 0.6) is 11.5 Å². The molecule has 22 heavy (non-hydrogen) atoms. The van der Waals surface area contributed by atoms with Crippen LogP contribution in [0.2, 0.25) is 0 Å². The van der Waals surface area contributed by atoms with Gasteiger partial charge in [0.2, 0.25) is 0 Å². The molecule has 2 N–H and O–H groups in total. The van der Waals surface area contributed by atoms with Crippen LogP contribution >= 0.6 is 0 Å². The molecule has 0 saturated carbocycles. The second kappa shape index (κ2) is 7.55. The van der Waals surface area contributed by atoms with Crippen LogP contribution in [-0.2, 0) is 0 Å². The van der Waals surface area contributed by atoms with Crippen LogP contribution in [0.4, 0.5) is 16.2 Å². The molecule has 0 unspecified atom stereocenters. The Labute approximate surface area is 128 Å². The van der Waals surface area contributed by atoms with Crippen LogP contribution in [-0.4, -0.2) is 19.7 Å². The minimum Gasteiger partial charge on any atom is -0.497 e. The minimum absolute atomic E-state index is 0.00920. The first-order valence-electron chi connectivity index (χ1n) is 6.53. The normalized spacial score (nSPS) is 9.45. The van der Waals surface area contributed by atoms with Crippen LogP contribution in [0.3, 0.4) is 0 Å². The molecule has 0 atom stereocenters. The molecule has 0 aliphatic carbocycles. The summed E-state index contributed by atoms with van der Waals surface area (Å²) in [4.78, 5) is 11.9. The van der Waals surface area contributed by atoms with Crippen molar-refractivity contribution in [2.45, 2.75) is 0 Å². The van der Waals surface area contributed by atoms with E-state index in [9.17, 15) is 4.79 Å². The van der Waals surface area contributed by atoms with E-state index in [-0.39, 0.29) is 12.6 Å². The summed E-state index contributed by atoms with van der Waals surface area (Å²) in [6, 6.07) is 15.3. The van der Waals surface area contributed by atoms with Crippen LogP contribution in [0.15, 0.2) is 48.5 Å². The molecule has 0 aliphatic heterocycles. The second-order valence-corrected chi connectivity index (χ2v) is 4.28. The quantitative estimate of drug-likeness (QED) is 0.887. The predicted octanol–water partition coefficient (Wildman–Crippen LogP) is 3.24. The Morgan fingerprint density at radius 2 is 1.50 bits per heavy atom. The Morgan fingerprint density at radius 1 is 1.00 bits per heavy atom. The van der Waals surface area contributed by atoms with Gasteiger partial charge in [0.05, 0.1) is 7.11 Å². The lowest BCUT2D eigenvalue weighted by Crippen LogP contribution is -2.19. The number of hydrogen-bond acceptors (Lipinski definition) is 4. The summed E-state index contributed by atoms with van der Waals surface area (Å²) in [5.41, 5.74) is 1.28. The van der Waals surface area contributed by atoms with Crippen molar-refractivity contribution in [1.82, 2.24) is 0 Å². The molecule has 0 radical (unpaired) electrons. The fourth-order valence-corrected chi connectivity index (χ4v) is 1.72. The van der Waals surface area contributed by atoms with Gasteiger partial charge >= 0.3 is 6.03 Å². The summed E-state index contributed by atoms with van der Waals surface area (Å²) >= 11 is 0. The van der Waals surface area contributed by atoms with Gasteiger partial charge in [0, 0.05) is 11.4 Å². The zero-order chi connectivity index (χ0) is 15.8. The lowest BCUT2D eigenvalue weighted by molar-refractivity contribution is 0.262. The van der Waals surface area contributed by atoms with Crippen LogP contribution in [0.25, 0.3) is 0 Å². The van der Waals surface area contributed by atoms with Crippen molar-refractivity contribution < 1.29 is 14.3 Å². The number of rotatable bonds is 5. The van der Waals surface area contributed by atoms with Crippen molar-refractivity contribution in [3.63, 3.8) is 0 Å². The van der Waals surface area contributed by atoms with Gasteiger partial charge in [-0.05, 0) is 48.5 Å². The summed E-state index contributed by atoms with van der Waals surface area (Å²) in [7, 11) is 1.58. The van der Waals surface area contributed by atoms with Crippen molar-refractivity contribution in [3.8, 4) is 17.6 Å². The van der Waals surface area contributed by atoms with Gasteiger partial charge in [0.25, 0.3) is 0 Å². The zero-order valence-electron chi connectivity index (χ0n) is 12.0. The lowest BCUT2D eigenvalue weighted by atomic mass is 10.3. The van der Waals surface area contributed by atoms with Gasteiger partial charge in [0.15, 0.2) is 6.61 Å². The molecule has 6 nitrogen and oxygen atoms in total. The largest absolute Gasteiger partial charge is 0.497 e.